The lowest BCUT2D eigenvalue weighted by molar-refractivity contribution is -0.140. The van der Waals surface area contributed by atoms with Gasteiger partial charge in [-0.3, -0.25) is 19.2 Å². The highest BCUT2D eigenvalue weighted by Gasteiger charge is 2.30. The molecule has 0 saturated heterocycles. The number of benzene rings is 2. The number of carbonyl (C=O) groups excluding carboxylic acids is 4. The van der Waals surface area contributed by atoms with Gasteiger partial charge in [0.05, 0.1) is 6.42 Å². The molecule has 2 unspecified atom stereocenters. The first kappa shape index (κ1) is 28.3. The van der Waals surface area contributed by atoms with E-state index in [0.29, 0.717) is 5.76 Å². The molecule has 0 radical (unpaired) electrons. The fourth-order valence-electron chi connectivity index (χ4n) is 3.75. The number of ether oxygens (including phenoxy) is 1. The zero-order valence-electron chi connectivity index (χ0n) is 22.1. The van der Waals surface area contributed by atoms with E-state index < -0.39 is 41.4 Å². The topological polar surface area (TPSA) is 152 Å². The van der Waals surface area contributed by atoms with Crippen molar-refractivity contribution in [3.63, 3.8) is 0 Å². The van der Waals surface area contributed by atoms with E-state index >= 15 is 0 Å². The van der Waals surface area contributed by atoms with E-state index in [4.69, 9.17) is 9.26 Å². The van der Waals surface area contributed by atoms with Crippen LogP contribution in [0.1, 0.15) is 49.0 Å². The van der Waals surface area contributed by atoms with E-state index in [-0.39, 0.29) is 18.7 Å². The van der Waals surface area contributed by atoms with Gasteiger partial charge in [0.15, 0.2) is 5.69 Å². The van der Waals surface area contributed by atoms with Gasteiger partial charge in [-0.2, -0.15) is 0 Å². The highest BCUT2D eigenvalue weighted by atomic mass is 16.5. The molecule has 2 aromatic carbocycles. The lowest BCUT2D eigenvalue weighted by Gasteiger charge is -2.24. The van der Waals surface area contributed by atoms with Gasteiger partial charge in [-0.15, -0.1) is 0 Å². The summed E-state index contributed by atoms with van der Waals surface area (Å²) in [6.07, 6.45) is -1.74. The Morgan fingerprint density at radius 2 is 1.71 bits per heavy atom. The van der Waals surface area contributed by atoms with E-state index in [2.05, 4.69) is 26.4 Å². The molecule has 1 heterocycles. The molecule has 0 aliphatic carbocycles. The normalized spacial score (nSPS) is 12.9. The third-order valence-corrected chi connectivity index (χ3v) is 5.47. The molecule has 4 amide bonds. The van der Waals surface area contributed by atoms with E-state index in [0.717, 1.165) is 16.3 Å². The zero-order chi connectivity index (χ0) is 27.9. The second-order valence-corrected chi connectivity index (χ2v) is 9.83. The maximum absolute atomic E-state index is 13.1. The van der Waals surface area contributed by atoms with Gasteiger partial charge in [0.1, 0.15) is 11.8 Å². The van der Waals surface area contributed by atoms with Crippen LogP contribution in [0, 0.1) is 6.92 Å². The van der Waals surface area contributed by atoms with Crippen LogP contribution in [0.2, 0.25) is 0 Å². The van der Waals surface area contributed by atoms with Gasteiger partial charge in [0, 0.05) is 25.3 Å². The predicted molar refractivity (Wildman–Crippen MR) is 140 cm³/mol. The number of hydrogen-bond donors (Lipinski definition) is 4. The number of aryl methyl sites for hydroxylation is 1. The molecular weight excluding hydrogens is 490 g/mol. The standard InChI is InChI=1S/C27H33N5O6/c1-16-13-21(32-38-16)24(35)29-20(14-22(33)31-27(2,3)4)23(34)30-26(37-5)25(36)28-15-18-11-8-10-17-9-6-7-12-19(17)18/h6-13,20,26H,14-15H2,1-5H3,(H,28,36)(H,29,35)(H,30,34)(H,31,33). The molecule has 0 fully saturated rings. The summed E-state index contributed by atoms with van der Waals surface area (Å²) in [4.78, 5) is 51.2. The summed E-state index contributed by atoms with van der Waals surface area (Å²) in [5, 5.41) is 16.1. The van der Waals surface area contributed by atoms with Crippen molar-refractivity contribution >= 4 is 34.4 Å². The van der Waals surface area contributed by atoms with Crippen molar-refractivity contribution in [2.45, 2.75) is 58.5 Å². The van der Waals surface area contributed by atoms with Crippen molar-refractivity contribution < 1.29 is 28.4 Å². The van der Waals surface area contributed by atoms with Gasteiger partial charge in [-0.25, -0.2) is 0 Å². The first-order valence-electron chi connectivity index (χ1n) is 12.1. The molecule has 202 valence electrons. The molecule has 2 atom stereocenters. The maximum Gasteiger partial charge on any atom is 0.274 e. The fourth-order valence-corrected chi connectivity index (χ4v) is 3.75. The molecule has 0 saturated carbocycles. The lowest BCUT2D eigenvalue weighted by Crippen LogP contribution is -2.56. The molecule has 3 aromatic rings. The van der Waals surface area contributed by atoms with Gasteiger partial charge in [-0.05, 0) is 44.0 Å². The van der Waals surface area contributed by atoms with Gasteiger partial charge >= 0.3 is 0 Å². The van der Waals surface area contributed by atoms with Crippen molar-refractivity contribution in [2.24, 2.45) is 0 Å². The summed E-state index contributed by atoms with van der Waals surface area (Å²) in [5.74, 6) is -2.15. The smallest absolute Gasteiger partial charge is 0.274 e. The average molecular weight is 524 g/mol. The van der Waals surface area contributed by atoms with Crippen LogP contribution in [0.5, 0.6) is 0 Å². The fraction of sp³-hybridized carbons (Fsp3) is 0.370. The molecule has 11 nitrogen and oxygen atoms in total. The Balaban J connectivity index is 1.69. The molecule has 1 aromatic heterocycles. The van der Waals surface area contributed by atoms with Crippen LogP contribution < -0.4 is 21.3 Å². The summed E-state index contributed by atoms with van der Waals surface area (Å²) in [6, 6.07) is 13.6. The quantitative estimate of drug-likeness (QED) is 0.296. The first-order valence-corrected chi connectivity index (χ1v) is 12.1. The number of fused-ring (bicyclic) bond motifs is 1. The number of hydrogen-bond acceptors (Lipinski definition) is 7. The molecule has 0 aliphatic heterocycles. The highest BCUT2D eigenvalue weighted by Crippen LogP contribution is 2.18. The summed E-state index contributed by atoms with van der Waals surface area (Å²) < 4.78 is 10.1. The number of rotatable bonds is 10. The second-order valence-electron chi connectivity index (χ2n) is 9.83. The third kappa shape index (κ3) is 7.87. The molecule has 4 N–H and O–H groups in total. The number of aromatic nitrogens is 1. The Kier molecular flexibility index (Phi) is 9.19. The molecular formula is C27H33N5O6. The number of nitrogens with one attached hydrogen (secondary N) is 4. The van der Waals surface area contributed by atoms with Crippen LogP contribution in [-0.2, 0) is 25.7 Å². The van der Waals surface area contributed by atoms with Crippen LogP contribution >= 0.6 is 0 Å². The highest BCUT2D eigenvalue weighted by molar-refractivity contribution is 5.98. The Bertz CT molecular complexity index is 1310. The first-order chi connectivity index (χ1) is 18.0. The number of amides is 4. The van der Waals surface area contributed by atoms with Crippen molar-refractivity contribution in [3.8, 4) is 0 Å². The minimum atomic E-state index is -1.36. The van der Waals surface area contributed by atoms with Crippen molar-refractivity contribution in [1.82, 2.24) is 26.4 Å². The molecule has 38 heavy (non-hydrogen) atoms. The van der Waals surface area contributed by atoms with Crippen molar-refractivity contribution in [3.05, 3.63) is 65.5 Å². The van der Waals surface area contributed by atoms with Crippen LogP contribution in [0.4, 0.5) is 0 Å². The Labute approximate surface area is 220 Å². The summed E-state index contributed by atoms with van der Waals surface area (Å²) >= 11 is 0. The van der Waals surface area contributed by atoms with Crippen LogP contribution in [0.15, 0.2) is 53.1 Å². The lowest BCUT2D eigenvalue weighted by atomic mass is 10.0. The second kappa shape index (κ2) is 12.3. The molecule has 0 spiro atoms. The van der Waals surface area contributed by atoms with Gasteiger partial charge in [-0.1, -0.05) is 47.6 Å². The van der Waals surface area contributed by atoms with E-state index in [1.807, 2.05) is 42.5 Å². The van der Waals surface area contributed by atoms with Crippen molar-refractivity contribution in [2.75, 3.05) is 7.11 Å². The molecule has 0 bridgehead atoms. The number of methoxy groups -OCH3 is 1. The van der Waals surface area contributed by atoms with E-state index in [9.17, 15) is 19.2 Å². The monoisotopic (exact) mass is 523 g/mol. The minimum Gasteiger partial charge on any atom is -0.361 e. The Morgan fingerprint density at radius 3 is 2.37 bits per heavy atom. The summed E-state index contributed by atoms with van der Waals surface area (Å²) in [7, 11) is 1.26. The van der Waals surface area contributed by atoms with E-state index in [1.54, 1.807) is 27.7 Å². The van der Waals surface area contributed by atoms with Crippen LogP contribution in [0.25, 0.3) is 10.8 Å². The Morgan fingerprint density at radius 1 is 1.00 bits per heavy atom. The molecule has 3 rings (SSSR count). The average Bonchev–Trinajstić information content (AvgIpc) is 3.30. The largest absolute Gasteiger partial charge is 0.361 e. The minimum absolute atomic E-state index is 0.0485. The predicted octanol–water partition coefficient (Wildman–Crippen LogP) is 1.94. The van der Waals surface area contributed by atoms with Gasteiger partial charge in [0.25, 0.3) is 11.8 Å². The molecule has 0 aliphatic rings. The summed E-state index contributed by atoms with van der Waals surface area (Å²) in [6.45, 7) is 7.19. The maximum atomic E-state index is 13.1. The van der Waals surface area contributed by atoms with Crippen molar-refractivity contribution in [1.29, 1.82) is 0 Å². The number of nitrogens with zero attached hydrogens (tertiary/aromatic N) is 1. The SMILES string of the molecule is COC(NC(=O)C(CC(=O)NC(C)(C)C)NC(=O)c1cc(C)on1)C(=O)NCc1cccc2ccccc12. The van der Waals surface area contributed by atoms with Gasteiger partial charge in [0.2, 0.25) is 18.0 Å². The van der Waals surface area contributed by atoms with E-state index in [1.165, 1.54) is 13.2 Å². The number of carbonyl (C=O) groups is 4. The van der Waals surface area contributed by atoms with Crippen LogP contribution in [0.3, 0.4) is 0 Å². The Hall–Kier alpha value is -4.25. The van der Waals surface area contributed by atoms with Crippen LogP contribution in [-0.4, -0.2) is 53.7 Å². The molecule has 11 heteroatoms. The summed E-state index contributed by atoms with van der Waals surface area (Å²) in [5.41, 5.74) is 0.291. The van der Waals surface area contributed by atoms with Gasteiger partial charge < -0.3 is 30.5 Å². The third-order valence-electron chi connectivity index (χ3n) is 5.47. The zero-order valence-corrected chi connectivity index (χ0v) is 22.1.